The lowest BCUT2D eigenvalue weighted by atomic mass is 9.83. The number of aldehydes is 1. The van der Waals surface area contributed by atoms with E-state index >= 15 is 0 Å². The van der Waals surface area contributed by atoms with Gasteiger partial charge in [0, 0.05) is 5.56 Å². The van der Waals surface area contributed by atoms with Crippen molar-refractivity contribution in [3.05, 3.63) is 83.9 Å². The highest BCUT2D eigenvalue weighted by molar-refractivity contribution is 6.25. The summed E-state index contributed by atoms with van der Waals surface area (Å²) in [6.07, 6.45) is 0.890. The van der Waals surface area contributed by atoms with E-state index in [0.29, 0.717) is 5.56 Å². The SMILES string of the molecule is CC(C)(C)c1cc2ccc3ccc(-c4ccc(C=O)cc4)c4ccc(c1)c2c34. The van der Waals surface area contributed by atoms with Crippen molar-refractivity contribution in [2.75, 3.05) is 0 Å². The fourth-order valence-electron chi connectivity index (χ4n) is 4.25. The zero-order chi connectivity index (χ0) is 19.5. The van der Waals surface area contributed by atoms with Gasteiger partial charge in [-0.15, -0.1) is 0 Å². The largest absolute Gasteiger partial charge is 0.298 e. The Morgan fingerprint density at radius 3 is 1.93 bits per heavy atom. The Morgan fingerprint density at radius 2 is 1.29 bits per heavy atom. The predicted octanol–water partition coefficient (Wildman–Crippen LogP) is 7.36. The standard InChI is InChI=1S/C27H22O/c1-27(2,3)22-14-20-9-8-19-10-12-23(18-6-4-17(16-28)5-7-18)24-13-11-21(15-22)25(20)26(19)24/h4-16H,1-3H3. The van der Waals surface area contributed by atoms with Crippen LogP contribution in [0.1, 0.15) is 36.7 Å². The van der Waals surface area contributed by atoms with Gasteiger partial charge in [-0.2, -0.15) is 0 Å². The third-order valence-electron chi connectivity index (χ3n) is 5.82. The maximum atomic E-state index is 11.0. The van der Waals surface area contributed by atoms with Gasteiger partial charge in [-0.05, 0) is 54.4 Å². The Morgan fingerprint density at radius 1 is 0.679 bits per heavy atom. The van der Waals surface area contributed by atoms with Crippen molar-refractivity contribution in [3.8, 4) is 11.1 Å². The third-order valence-corrected chi connectivity index (χ3v) is 5.82. The first-order valence-electron chi connectivity index (χ1n) is 9.73. The Hall–Kier alpha value is -3.19. The topological polar surface area (TPSA) is 17.1 Å². The molecule has 0 saturated carbocycles. The molecule has 136 valence electrons. The van der Waals surface area contributed by atoms with Crippen LogP contribution in [-0.2, 0) is 5.41 Å². The van der Waals surface area contributed by atoms with E-state index in [1.54, 1.807) is 0 Å². The fraction of sp³-hybridized carbons (Fsp3) is 0.148. The van der Waals surface area contributed by atoms with Crippen LogP contribution in [0.3, 0.4) is 0 Å². The van der Waals surface area contributed by atoms with Crippen molar-refractivity contribution >= 4 is 38.6 Å². The Labute approximate surface area is 164 Å². The van der Waals surface area contributed by atoms with Crippen molar-refractivity contribution in [2.24, 2.45) is 0 Å². The highest BCUT2D eigenvalue weighted by Gasteiger charge is 2.17. The van der Waals surface area contributed by atoms with Crippen molar-refractivity contribution in [1.82, 2.24) is 0 Å². The van der Waals surface area contributed by atoms with Gasteiger partial charge in [-0.3, -0.25) is 4.79 Å². The van der Waals surface area contributed by atoms with Gasteiger partial charge in [0.15, 0.2) is 0 Å². The lowest BCUT2D eigenvalue weighted by molar-refractivity contribution is 0.112. The first kappa shape index (κ1) is 16.9. The van der Waals surface area contributed by atoms with Crippen LogP contribution >= 0.6 is 0 Å². The second kappa shape index (κ2) is 5.90. The van der Waals surface area contributed by atoms with Gasteiger partial charge in [0.25, 0.3) is 0 Å². The van der Waals surface area contributed by atoms with Gasteiger partial charge in [-0.25, -0.2) is 0 Å². The summed E-state index contributed by atoms with van der Waals surface area (Å²) in [6, 6.07) is 25.9. The van der Waals surface area contributed by atoms with E-state index in [1.807, 2.05) is 24.3 Å². The number of rotatable bonds is 2. The molecule has 5 aromatic rings. The molecule has 0 aliphatic heterocycles. The van der Waals surface area contributed by atoms with Crippen LogP contribution in [0.2, 0.25) is 0 Å². The lowest BCUT2D eigenvalue weighted by Crippen LogP contribution is -2.10. The maximum absolute atomic E-state index is 11.0. The van der Waals surface area contributed by atoms with Gasteiger partial charge >= 0.3 is 0 Å². The van der Waals surface area contributed by atoms with E-state index in [2.05, 4.69) is 69.3 Å². The second-order valence-electron chi connectivity index (χ2n) is 8.68. The summed E-state index contributed by atoms with van der Waals surface area (Å²) in [5.74, 6) is 0. The van der Waals surface area contributed by atoms with E-state index in [9.17, 15) is 4.79 Å². The molecule has 0 amide bonds. The Kier molecular flexibility index (Phi) is 3.57. The molecule has 0 N–H and O–H groups in total. The molecule has 1 heteroatoms. The summed E-state index contributed by atoms with van der Waals surface area (Å²) in [7, 11) is 0. The third kappa shape index (κ3) is 2.51. The molecule has 0 aliphatic carbocycles. The van der Waals surface area contributed by atoms with Crippen molar-refractivity contribution in [1.29, 1.82) is 0 Å². The van der Waals surface area contributed by atoms with Crippen molar-refractivity contribution < 1.29 is 4.79 Å². The second-order valence-corrected chi connectivity index (χ2v) is 8.68. The highest BCUT2D eigenvalue weighted by Crippen LogP contribution is 2.40. The number of benzene rings is 5. The molecule has 0 aromatic heterocycles. The minimum atomic E-state index is 0.121. The summed E-state index contributed by atoms with van der Waals surface area (Å²) >= 11 is 0. The molecule has 0 saturated heterocycles. The van der Waals surface area contributed by atoms with Crippen LogP contribution in [0.4, 0.5) is 0 Å². The maximum Gasteiger partial charge on any atom is 0.150 e. The molecule has 28 heavy (non-hydrogen) atoms. The number of hydrogen-bond acceptors (Lipinski definition) is 1. The molecule has 0 fully saturated rings. The molecule has 0 bridgehead atoms. The molecule has 0 radical (unpaired) electrons. The van der Waals surface area contributed by atoms with E-state index < -0.39 is 0 Å². The summed E-state index contributed by atoms with van der Waals surface area (Å²) in [4.78, 5) is 11.0. The van der Waals surface area contributed by atoms with Crippen LogP contribution in [0.5, 0.6) is 0 Å². The normalized spacial score (nSPS) is 12.2. The van der Waals surface area contributed by atoms with Crippen LogP contribution in [-0.4, -0.2) is 6.29 Å². The monoisotopic (exact) mass is 362 g/mol. The Balaban J connectivity index is 1.85. The first-order chi connectivity index (χ1) is 13.5. The van der Waals surface area contributed by atoms with Crippen molar-refractivity contribution in [2.45, 2.75) is 26.2 Å². The zero-order valence-corrected chi connectivity index (χ0v) is 16.4. The molecule has 0 spiro atoms. The summed E-state index contributed by atoms with van der Waals surface area (Å²) in [5.41, 5.74) is 4.54. The van der Waals surface area contributed by atoms with Gasteiger partial charge < -0.3 is 0 Å². The minimum Gasteiger partial charge on any atom is -0.298 e. The molecule has 0 heterocycles. The Bertz CT molecular complexity index is 1320. The number of carbonyl (C=O) groups is 1. The van der Waals surface area contributed by atoms with Crippen molar-refractivity contribution in [3.63, 3.8) is 0 Å². The fourth-order valence-corrected chi connectivity index (χ4v) is 4.25. The van der Waals surface area contributed by atoms with Gasteiger partial charge in [-0.1, -0.05) is 93.6 Å². The van der Waals surface area contributed by atoms with Crippen LogP contribution in [0.25, 0.3) is 43.4 Å². The van der Waals surface area contributed by atoms with Crippen LogP contribution in [0.15, 0.2) is 72.8 Å². The molecular formula is C27H22O. The molecular weight excluding hydrogens is 340 g/mol. The molecule has 0 aliphatic rings. The van der Waals surface area contributed by atoms with Gasteiger partial charge in [0.2, 0.25) is 0 Å². The highest BCUT2D eigenvalue weighted by atomic mass is 16.1. The van der Waals surface area contributed by atoms with E-state index in [-0.39, 0.29) is 5.41 Å². The molecule has 5 rings (SSSR count). The predicted molar refractivity (Wildman–Crippen MR) is 120 cm³/mol. The zero-order valence-electron chi connectivity index (χ0n) is 16.4. The smallest absolute Gasteiger partial charge is 0.150 e. The summed E-state index contributed by atoms with van der Waals surface area (Å²) in [6.45, 7) is 6.79. The van der Waals surface area contributed by atoms with E-state index in [4.69, 9.17) is 0 Å². The average molecular weight is 362 g/mol. The number of carbonyl (C=O) groups excluding carboxylic acids is 1. The van der Waals surface area contributed by atoms with Crippen LogP contribution < -0.4 is 0 Å². The lowest BCUT2D eigenvalue weighted by Gasteiger charge is -2.22. The minimum absolute atomic E-state index is 0.121. The molecule has 0 unspecified atom stereocenters. The van der Waals surface area contributed by atoms with E-state index in [0.717, 1.165) is 11.8 Å². The first-order valence-corrected chi connectivity index (χ1v) is 9.73. The quantitative estimate of drug-likeness (QED) is 0.237. The number of hydrogen-bond donors (Lipinski definition) is 0. The molecule has 1 nitrogen and oxygen atoms in total. The molecule has 5 aromatic carbocycles. The van der Waals surface area contributed by atoms with Gasteiger partial charge in [0.05, 0.1) is 0 Å². The van der Waals surface area contributed by atoms with Gasteiger partial charge in [0.1, 0.15) is 6.29 Å². The molecule has 0 atom stereocenters. The summed E-state index contributed by atoms with van der Waals surface area (Å²) in [5, 5.41) is 7.80. The summed E-state index contributed by atoms with van der Waals surface area (Å²) < 4.78 is 0. The average Bonchev–Trinajstić information content (AvgIpc) is 2.71. The van der Waals surface area contributed by atoms with E-state index in [1.165, 1.54) is 43.4 Å². The van der Waals surface area contributed by atoms with Crippen LogP contribution in [0, 0.1) is 0 Å².